The van der Waals surface area contributed by atoms with Gasteiger partial charge in [0.15, 0.2) is 0 Å². The summed E-state index contributed by atoms with van der Waals surface area (Å²) in [6, 6.07) is 4.05. The molecule has 1 aliphatic heterocycles. The Hall–Kier alpha value is -1.07. The number of hydrogen-bond donors (Lipinski definition) is 1. The Morgan fingerprint density at radius 1 is 1.56 bits per heavy atom. The molecule has 98 valence electrons. The first-order chi connectivity index (χ1) is 8.70. The van der Waals surface area contributed by atoms with Gasteiger partial charge in [-0.2, -0.15) is 0 Å². The summed E-state index contributed by atoms with van der Waals surface area (Å²) in [5, 5.41) is 2.87. The molecule has 0 saturated heterocycles. The molecule has 1 aromatic carbocycles. The number of fused-ring (bicyclic) bond motifs is 1. The topological polar surface area (TPSA) is 47.6 Å². The van der Waals surface area contributed by atoms with E-state index in [-0.39, 0.29) is 5.91 Å². The van der Waals surface area contributed by atoms with E-state index in [1.807, 2.05) is 6.07 Å². The zero-order chi connectivity index (χ0) is 13.0. The van der Waals surface area contributed by atoms with E-state index < -0.39 is 0 Å². The normalized spacial score (nSPS) is 13.0. The second-order valence-corrected chi connectivity index (χ2v) is 5.09. The third-order valence-corrected chi connectivity index (χ3v) is 3.29. The molecule has 18 heavy (non-hydrogen) atoms. The molecule has 4 nitrogen and oxygen atoms in total. The molecule has 1 aromatic rings. The van der Waals surface area contributed by atoms with Crippen molar-refractivity contribution in [2.24, 2.45) is 0 Å². The maximum Gasteiger partial charge on any atom is 0.222 e. The van der Waals surface area contributed by atoms with E-state index in [1.165, 1.54) is 5.56 Å². The summed E-state index contributed by atoms with van der Waals surface area (Å²) in [5.74, 6) is 0.911. The van der Waals surface area contributed by atoms with Crippen LogP contribution in [0.3, 0.4) is 0 Å². The fourth-order valence-corrected chi connectivity index (χ4v) is 2.51. The average molecular weight is 314 g/mol. The largest absolute Gasteiger partial charge is 0.493 e. The van der Waals surface area contributed by atoms with Gasteiger partial charge in [-0.25, -0.2) is 0 Å². The van der Waals surface area contributed by atoms with E-state index >= 15 is 0 Å². The molecular formula is C13H16BrNO3. The van der Waals surface area contributed by atoms with E-state index in [0.717, 1.165) is 28.8 Å². The summed E-state index contributed by atoms with van der Waals surface area (Å²) in [4.78, 5) is 11.5. The van der Waals surface area contributed by atoms with Crippen LogP contribution in [0.2, 0.25) is 0 Å². The van der Waals surface area contributed by atoms with Crippen molar-refractivity contribution in [3.8, 4) is 5.75 Å². The van der Waals surface area contributed by atoms with E-state index in [1.54, 1.807) is 7.11 Å². The second-order valence-electron chi connectivity index (χ2n) is 4.17. The molecule has 2 rings (SSSR count). The van der Waals surface area contributed by atoms with Crippen LogP contribution in [0.5, 0.6) is 5.75 Å². The van der Waals surface area contributed by atoms with Crippen molar-refractivity contribution in [1.82, 2.24) is 5.32 Å². The Morgan fingerprint density at radius 2 is 2.39 bits per heavy atom. The Balaban J connectivity index is 1.99. The number of nitrogens with one attached hydrogen (secondary N) is 1. The third kappa shape index (κ3) is 3.23. The van der Waals surface area contributed by atoms with Gasteiger partial charge in [0.05, 0.1) is 13.2 Å². The molecule has 0 aromatic heterocycles. The van der Waals surface area contributed by atoms with Crippen LogP contribution in [-0.4, -0.2) is 26.2 Å². The number of ether oxygens (including phenoxy) is 2. The molecular weight excluding hydrogens is 298 g/mol. The number of hydrogen-bond acceptors (Lipinski definition) is 3. The molecule has 0 atom stereocenters. The van der Waals surface area contributed by atoms with Crippen LogP contribution in [0.15, 0.2) is 16.6 Å². The maximum absolute atomic E-state index is 11.5. The number of amides is 1. The summed E-state index contributed by atoms with van der Waals surface area (Å²) in [6.45, 7) is 1.65. The molecule has 1 amide bonds. The van der Waals surface area contributed by atoms with Gasteiger partial charge in [-0.3, -0.25) is 4.79 Å². The van der Waals surface area contributed by atoms with Gasteiger partial charge < -0.3 is 14.8 Å². The Morgan fingerprint density at radius 3 is 3.17 bits per heavy atom. The van der Waals surface area contributed by atoms with Crippen molar-refractivity contribution in [3.05, 3.63) is 27.7 Å². The molecule has 1 N–H and O–H groups in total. The van der Waals surface area contributed by atoms with Gasteiger partial charge in [0, 0.05) is 36.5 Å². The molecule has 0 fully saturated rings. The highest BCUT2D eigenvalue weighted by Gasteiger charge is 2.17. The minimum atomic E-state index is -0.0106. The molecule has 0 radical (unpaired) electrons. The first-order valence-corrected chi connectivity index (χ1v) is 6.69. The Bertz CT molecular complexity index is 448. The smallest absolute Gasteiger partial charge is 0.222 e. The monoisotopic (exact) mass is 313 g/mol. The van der Waals surface area contributed by atoms with E-state index in [2.05, 4.69) is 27.3 Å². The van der Waals surface area contributed by atoms with Gasteiger partial charge >= 0.3 is 0 Å². The standard InChI is InChI=1S/C13H16BrNO3/c1-17-4-3-12(16)15-8-10-7-11(14)6-9-2-5-18-13(9)10/h6-7H,2-5,8H2,1H3,(H,15,16). The van der Waals surface area contributed by atoms with Crippen LogP contribution in [0.4, 0.5) is 0 Å². The van der Waals surface area contributed by atoms with Crippen molar-refractivity contribution in [3.63, 3.8) is 0 Å². The lowest BCUT2D eigenvalue weighted by molar-refractivity contribution is -0.122. The van der Waals surface area contributed by atoms with Crippen molar-refractivity contribution in [2.45, 2.75) is 19.4 Å². The van der Waals surface area contributed by atoms with Gasteiger partial charge in [-0.05, 0) is 17.7 Å². The Kier molecular flexibility index (Phi) is 4.60. The number of methoxy groups -OCH3 is 1. The first kappa shape index (κ1) is 13.4. The summed E-state index contributed by atoms with van der Waals surface area (Å²) in [6.07, 6.45) is 1.31. The first-order valence-electron chi connectivity index (χ1n) is 5.90. The fraction of sp³-hybridized carbons (Fsp3) is 0.462. The SMILES string of the molecule is COCCC(=O)NCc1cc(Br)cc2c1OCC2. The molecule has 0 aliphatic carbocycles. The van der Waals surface area contributed by atoms with Crippen molar-refractivity contribution in [1.29, 1.82) is 0 Å². The molecule has 5 heteroatoms. The molecule has 0 unspecified atom stereocenters. The fourth-order valence-electron chi connectivity index (χ4n) is 1.95. The zero-order valence-corrected chi connectivity index (χ0v) is 11.9. The highest BCUT2D eigenvalue weighted by molar-refractivity contribution is 9.10. The van der Waals surface area contributed by atoms with Gasteiger partial charge in [0.1, 0.15) is 5.75 Å². The lowest BCUT2D eigenvalue weighted by Gasteiger charge is -2.10. The number of carbonyl (C=O) groups excluding carboxylic acids is 1. The number of benzene rings is 1. The van der Waals surface area contributed by atoms with Crippen molar-refractivity contribution >= 4 is 21.8 Å². The minimum absolute atomic E-state index is 0.0106. The predicted octanol–water partition coefficient (Wildman–Crippen LogP) is 2.04. The van der Waals surface area contributed by atoms with Gasteiger partial charge in [-0.15, -0.1) is 0 Å². The molecule has 1 heterocycles. The van der Waals surface area contributed by atoms with Crippen LogP contribution < -0.4 is 10.1 Å². The van der Waals surface area contributed by atoms with Crippen molar-refractivity contribution < 1.29 is 14.3 Å². The highest BCUT2D eigenvalue weighted by Crippen LogP contribution is 2.32. The quantitative estimate of drug-likeness (QED) is 0.905. The average Bonchev–Trinajstić information content (AvgIpc) is 2.81. The number of rotatable bonds is 5. The predicted molar refractivity (Wildman–Crippen MR) is 71.7 cm³/mol. The van der Waals surface area contributed by atoms with Gasteiger partial charge in [0.2, 0.25) is 5.91 Å². The number of carbonyl (C=O) groups is 1. The van der Waals surface area contributed by atoms with Crippen LogP contribution >= 0.6 is 15.9 Å². The maximum atomic E-state index is 11.5. The molecule has 0 spiro atoms. The summed E-state index contributed by atoms with van der Waals surface area (Å²) in [5.41, 5.74) is 2.22. The minimum Gasteiger partial charge on any atom is -0.493 e. The lowest BCUT2D eigenvalue weighted by Crippen LogP contribution is -2.24. The summed E-state index contributed by atoms with van der Waals surface area (Å²) in [7, 11) is 1.59. The van der Waals surface area contributed by atoms with Gasteiger partial charge in [0.25, 0.3) is 0 Å². The lowest BCUT2D eigenvalue weighted by atomic mass is 10.1. The molecule has 1 aliphatic rings. The van der Waals surface area contributed by atoms with Crippen LogP contribution in [0.1, 0.15) is 17.5 Å². The van der Waals surface area contributed by atoms with Crippen LogP contribution in [0, 0.1) is 0 Å². The highest BCUT2D eigenvalue weighted by atomic mass is 79.9. The summed E-state index contributed by atoms with van der Waals surface area (Å²) >= 11 is 3.48. The Labute approximate surface area is 115 Å². The third-order valence-electron chi connectivity index (χ3n) is 2.83. The van der Waals surface area contributed by atoms with Crippen LogP contribution in [-0.2, 0) is 22.5 Å². The van der Waals surface area contributed by atoms with E-state index in [9.17, 15) is 4.79 Å². The van der Waals surface area contributed by atoms with Crippen LogP contribution in [0.25, 0.3) is 0 Å². The number of halogens is 1. The second kappa shape index (κ2) is 6.20. The molecule has 0 saturated carbocycles. The van der Waals surface area contributed by atoms with Crippen molar-refractivity contribution in [2.75, 3.05) is 20.3 Å². The van der Waals surface area contributed by atoms with E-state index in [4.69, 9.17) is 9.47 Å². The molecule has 0 bridgehead atoms. The van der Waals surface area contributed by atoms with E-state index in [0.29, 0.717) is 19.6 Å². The zero-order valence-electron chi connectivity index (χ0n) is 10.3. The van der Waals surface area contributed by atoms with Gasteiger partial charge in [-0.1, -0.05) is 15.9 Å². The summed E-state index contributed by atoms with van der Waals surface area (Å²) < 4.78 is 11.5.